The number of methoxy groups -OCH3 is 2. The second-order valence-electron chi connectivity index (χ2n) is 9.17. The van der Waals surface area contributed by atoms with Crippen LogP contribution in [-0.4, -0.2) is 67.2 Å². The molecule has 2 aromatic carbocycles. The Labute approximate surface area is 214 Å². The number of rotatable bonds is 7. The molecule has 1 aliphatic rings. The van der Waals surface area contributed by atoms with Crippen molar-refractivity contribution in [3.05, 3.63) is 72.1 Å². The number of piperazine rings is 1. The maximum absolute atomic E-state index is 15.0. The molecule has 1 aliphatic heterocycles. The minimum Gasteiger partial charge on any atom is -0.494 e. The van der Waals surface area contributed by atoms with Gasteiger partial charge in [-0.1, -0.05) is 18.2 Å². The molecule has 0 amide bonds. The Hall–Kier alpha value is -3.82. The molecule has 0 spiro atoms. The van der Waals surface area contributed by atoms with Crippen molar-refractivity contribution in [3.63, 3.8) is 0 Å². The molecule has 0 radical (unpaired) electrons. The quantitative estimate of drug-likeness (QED) is 0.376. The highest BCUT2D eigenvalue weighted by Crippen LogP contribution is 2.38. The predicted molar refractivity (Wildman–Crippen MR) is 140 cm³/mol. The van der Waals surface area contributed by atoms with Gasteiger partial charge in [0, 0.05) is 56.6 Å². The van der Waals surface area contributed by atoms with E-state index in [1.165, 1.54) is 25.8 Å². The van der Waals surface area contributed by atoms with Crippen LogP contribution in [0.25, 0.3) is 21.9 Å². The summed E-state index contributed by atoms with van der Waals surface area (Å²) in [6.07, 6.45) is 3.55. The van der Waals surface area contributed by atoms with E-state index >= 15 is 0 Å². The van der Waals surface area contributed by atoms with Crippen LogP contribution in [0.3, 0.4) is 0 Å². The molecule has 2 aromatic heterocycles. The van der Waals surface area contributed by atoms with Crippen molar-refractivity contribution in [2.24, 2.45) is 0 Å². The number of hydrogen-bond acceptors (Lipinski definition) is 7. The molecule has 0 atom stereocenters. The van der Waals surface area contributed by atoms with Crippen LogP contribution >= 0.6 is 0 Å². The van der Waals surface area contributed by atoms with Crippen LogP contribution in [-0.2, 0) is 6.54 Å². The van der Waals surface area contributed by atoms with Crippen LogP contribution in [0.2, 0.25) is 0 Å². The fraction of sp³-hybridized carbons (Fsp3) is 0.286. The lowest BCUT2D eigenvalue weighted by Crippen LogP contribution is -2.43. The first-order valence-corrected chi connectivity index (χ1v) is 12.1. The Morgan fingerprint density at radius 3 is 2.16 bits per heavy atom. The van der Waals surface area contributed by atoms with Gasteiger partial charge in [0.2, 0.25) is 0 Å². The zero-order valence-corrected chi connectivity index (χ0v) is 21.1. The largest absolute Gasteiger partial charge is 0.494 e. The zero-order valence-electron chi connectivity index (χ0n) is 21.1. The highest BCUT2D eigenvalue weighted by molar-refractivity contribution is 5.89. The molecule has 0 aliphatic carbocycles. The summed E-state index contributed by atoms with van der Waals surface area (Å²) < 4.78 is 40.0. The highest BCUT2D eigenvalue weighted by Gasteiger charge is 2.21. The van der Waals surface area contributed by atoms with Gasteiger partial charge in [0.15, 0.2) is 23.1 Å². The number of fused-ring (bicyclic) bond motifs is 1. The smallest absolute Gasteiger partial charge is 0.176 e. The van der Waals surface area contributed by atoms with E-state index in [0.29, 0.717) is 17.2 Å². The Balaban J connectivity index is 1.33. The molecular weight excluding hydrogens is 476 g/mol. The number of likely N-dealkylation sites (N-methyl/N-ethyl adjacent to an activating group) is 1. The van der Waals surface area contributed by atoms with Gasteiger partial charge in [-0.25, -0.2) is 18.7 Å². The molecular formula is C28H29F2N5O2. The summed E-state index contributed by atoms with van der Waals surface area (Å²) >= 11 is 0. The topological polar surface area (TPSA) is 62.8 Å². The van der Waals surface area contributed by atoms with Crippen LogP contribution in [0.1, 0.15) is 5.56 Å². The van der Waals surface area contributed by atoms with Crippen LogP contribution in [0.5, 0.6) is 11.5 Å². The van der Waals surface area contributed by atoms with E-state index in [-0.39, 0.29) is 17.1 Å². The first-order valence-electron chi connectivity index (χ1n) is 12.1. The van der Waals surface area contributed by atoms with Gasteiger partial charge in [0.05, 0.1) is 19.8 Å². The lowest BCUT2D eigenvalue weighted by Gasteiger charge is -2.32. The molecule has 0 bridgehead atoms. The van der Waals surface area contributed by atoms with E-state index in [9.17, 15) is 8.78 Å². The summed E-state index contributed by atoms with van der Waals surface area (Å²) in [6.45, 7) is 5.17. The van der Waals surface area contributed by atoms with Crippen LogP contribution in [0.4, 0.5) is 20.4 Å². The first kappa shape index (κ1) is 24.9. The fourth-order valence-electron chi connectivity index (χ4n) is 4.49. The van der Waals surface area contributed by atoms with E-state index < -0.39 is 11.6 Å². The SMILES string of the molecule is COc1cc(OC)c(F)c(-c2ccc3cc(Nc4ccc(CN5CCN(C)CC5)cn4)ncc3c2)c1F. The van der Waals surface area contributed by atoms with Crippen molar-refractivity contribution in [2.75, 3.05) is 52.8 Å². The van der Waals surface area contributed by atoms with Gasteiger partial charge in [-0.15, -0.1) is 0 Å². The van der Waals surface area contributed by atoms with Gasteiger partial charge in [-0.3, -0.25) is 4.90 Å². The third kappa shape index (κ3) is 5.33. The molecule has 5 rings (SSSR count). The van der Waals surface area contributed by atoms with E-state index in [1.807, 2.05) is 18.3 Å². The molecule has 0 saturated carbocycles. The third-order valence-electron chi connectivity index (χ3n) is 6.67. The fourth-order valence-corrected chi connectivity index (χ4v) is 4.49. The maximum Gasteiger partial charge on any atom is 0.176 e. The Morgan fingerprint density at radius 1 is 0.811 bits per heavy atom. The number of benzene rings is 2. The summed E-state index contributed by atoms with van der Waals surface area (Å²) in [6, 6.07) is 12.2. The van der Waals surface area contributed by atoms with E-state index in [2.05, 4.69) is 38.2 Å². The molecule has 9 heteroatoms. The van der Waals surface area contributed by atoms with Crippen molar-refractivity contribution in [1.29, 1.82) is 0 Å². The molecule has 3 heterocycles. The summed E-state index contributed by atoms with van der Waals surface area (Å²) in [5.41, 5.74) is 1.32. The van der Waals surface area contributed by atoms with E-state index in [4.69, 9.17) is 9.47 Å². The number of nitrogens with one attached hydrogen (secondary N) is 1. The molecule has 1 fully saturated rings. The van der Waals surface area contributed by atoms with Gasteiger partial charge in [-0.05, 0) is 41.8 Å². The minimum atomic E-state index is -0.784. The van der Waals surface area contributed by atoms with Crippen LogP contribution < -0.4 is 14.8 Å². The number of ether oxygens (including phenoxy) is 2. The Bertz CT molecular complexity index is 1380. The first-order chi connectivity index (χ1) is 17.9. The lowest BCUT2D eigenvalue weighted by molar-refractivity contribution is 0.148. The van der Waals surface area contributed by atoms with Gasteiger partial charge in [0.1, 0.15) is 11.6 Å². The number of nitrogens with zero attached hydrogens (tertiary/aromatic N) is 4. The molecule has 7 nitrogen and oxygen atoms in total. The number of hydrogen-bond donors (Lipinski definition) is 1. The Morgan fingerprint density at radius 2 is 1.51 bits per heavy atom. The van der Waals surface area contributed by atoms with Crippen molar-refractivity contribution < 1.29 is 18.3 Å². The molecule has 192 valence electrons. The van der Waals surface area contributed by atoms with Gasteiger partial charge >= 0.3 is 0 Å². The number of aromatic nitrogens is 2. The maximum atomic E-state index is 15.0. The second-order valence-corrected chi connectivity index (χ2v) is 9.17. The van der Waals surface area contributed by atoms with Gasteiger partial charge in [-0.2, -0.15) is 0 Å². The van der Waals surface area contributed by atoms with Crippen molar-refractivity contribution in [1.82, 2.24) is 19.8 Å². The third-order valence-corrected chi connectivity index (χ3v) is 6.67. The number of halogens is 2. The predicted octanol–water partition coefficient (Wildman–Crippen LogP) is 5.08. The number of pyridine rings is 2. The van der Waals surface area contributed by atoms with E-state index in [0.717, 1.165) is 43.5 Å². The van der Waals surface area contributed by atoms with Crippen LogP contribution in [0, 0.1) is 11.6 Å². The van der Waals surface area contributed by atoms with Gasteiger partial charge in [0.25, 0.3) is 0 Å². The standard InChI is InChI=1S/C28H29F2N5O2/c1-34-8-10-35(11-9-34)17-18-4-7-24(31-15-18)33-25-13-19-5-6-20(12-21(19)16-32-25)26-27(29)22(36-2)14-23(37-3)28(26)30/h4-7,12-16H,8-11,17H2,1-3H3,(H,31,32,33). The summed E-state index contributed by atoms with van der Waals surface area (Å²) in [4.78, 5) is 13.8. The summed E-state index contributed by atoms with van der Waals surface area (Å²) in [5, 5.41) is 4.83. The summed E-state index contributed by atoms with van der Waals surface area (Å²) in [5.74, 6) is -0.429. The average Bonchev–Trinajstić information content (AvgIpc) is 2.91. The normalized spacial score (nSPS) is 14.6. The molecule has 1 saturated heterocycles. The molecule has 0 unspecified atom stereocenters. The van der Waals surface area contributed by atoms with E-state index in [1.54, 1.807) is 24.4 Å². The monoisotopic (exact) mass is 505 g/mol. The zero-order chi connectivity index (χ0) is 25.9. The summed E-state index contributed by atoms with van der Waals surface area (Å²) in [7, 11) is 4.81. The molecule has 4 aromatic rings. The van der Waals surface area contributed by atoms with Crippen molar-refractivity contribution in [2.45, 2.75) is 6.54 Å². The molecule has 37 heavy (non-hydrogen) atoms. The average molecular weight is 506 g/mol. The Kier molecular flexibility index (Phi) is 7.16. The second kappa shape index (κ2) is 10.7. The van der Waals surface area contributed by atoms with Crippen LogP contribution in [0.15, 0.2) is 54.9 Å². The minimum absolute atomic E-state index is 0.0897. The highest BCUT2D eigenvalue weighted by atomic mass is 19.1. The lowest BCUT2D eigenvalue weighted by atomic mass is 10.0. The molecule has 1 N–H and O–H groups in total. The van der Waals surface area contributed by atoms with Crippen molar-refractivity contribution in [3.8, 4) is 22.6 Å². The number of anilines is 2. The van der Waals surface area contributed by atoms with Crippen molar-refractivity contribution >= 4 is 22.4 Å². The van der Waals surface area contributed by atoms with Gasteiger partial charge < -0.3 is 19.7 Å².